The van der Waals surface area contributed by atoms with Gasteiger partial charge in [-0.25, -0.2) is 5.11 Å². The molecule has 1 aromatic rings. The fraction of sp³-hybridized carbons (Fsp3) is 0.500. The maximum atomic E-state index is 10.2. The van der Waals surface area contributed by atoms with Crippen molar-refractivity contribution < 1.29 is 5.11 Å². The van der Waals surface area contributed by atoms with E-state index in [0.717, 1.165) is 5.69 Å². The molecular weight excluding hydrogens is 116 g/mol. The Labute approximate surface area is 53.9 Å². The van der Waals surface area contributed by atoms with Gasteiger partial charge in [0.2, 0.25) is 0 Å². The van der Waals surface area contributed by atoms with Crippen LogP contribution in [0, 0.1) is 6.92 Å². The fourth-order valence-electron chi connectivity index (χ4n) is 0.705. The summed E-state index contributed by atoms with van der Waals surface area (Å²) in [5.41, 5.74) is 1.65. The summed E-state index contributed by atoms with van der Waals surface area (Å²) >= 11 is 0. The van der Waals surface area contributed by atoms with Gasteiger partial charge in [0.15, 0.2) is 0 Å². The molecule has 1 rings (SSSR count). The van der Waals surface area contributed by atoms with Crippen molar-refractivity contribution >= 4 is 0 Å². The van der Waals surface area contributed by atoms with E-state index in [-0.39, 0.29) is 6.61 Å². The molecule has 0 aliphatic heterocycles. The number of aromatic nitrogens is 2. The second-order valence-electron chi connectivity index (χ2n) is 2.05. The molecule has 0 atom stereocenters. The summed E-state index contributed by atoms with van der Waals surface area (Å²) in [5.74, 6) is 0. The van der Waals surface area contributed by atoms with Gasteiger partial charge in [-0.15, -0.1) is 0 Å². The molecular formula is C6H9N2O. The molecule has 0 amide bonds. The van der Waals surface area contributed by atoms with E-state index in [4.69, 9.17) is 0 Å². The smallest absolute Gasteiger partial charge is 0.126 e. The van der Waals surface area contributed by atoms with Crippen LogP contribution in [-0.2, 0) is 18.8 Å². The Morgan fingerprint density at radius 2 is 2.44 bits per heavy atom. The molecule has 0 aromatic carbocycles. The van der Waals surface area contributed by atoms with Crippen LogP contribution in [0.15, 0.2) is 6.07 Å². The van der Waals surface area contributed by atoms with Gasteiger partial charge in [-0.05, 0) is 13.0 Å². The van der Waals surface area contributed by atoms with Crippen LogP contribution in [0.2, 0.25) is 0 Å². The predicted molar refractivity (Wildman–Crippen MR) is 32.3 cm³/mol. The molecule has 0 unspecified atom stereocenters. The minimum Gasteiger partial charge on any atom is -0.273 e. The highest BCUT2D eigenvalue weighted by Crippen LogP contribution is 1.99. The average Bonchev–Trinajstić information content (AvgIpc) is 2.13. The van der Waals surface area contributed by atoms with Crippen LogP contribution < -0.4 is 0 Å². The first kappa shape index (κ1) is 6.29. The highest BCUT2D eigenvalue weighted by molar-refractivity contribution is 5.06. The molecule has 1 aromatic heterocycles. The molecule has 0 aliphatic carbocycles. The Morgan fingerprint density at radius 1 is 1.78 bits per heavy atom. The Morgan fingerprint density at radius 3 is 2.67 bits per heavy atom. The van der Waals surface area contributed by atoms with Gasteiger partial charge in [-0.3, -0.25) is 4.68 Å². The van der Waals surface area contributed by atoms with Gasteiger partial charge in [-0.1, -0.05) is 0 Å². The topological polar surface area (TPSA) is 37.7 Å². The van der Waals surface area contributed by atoms with Gasteiger partial charge in [0.25, 0.3) is 0 Å². The van der Waals surface area contributed by atoms with E-state index < -0.39 is 0 Å². The molecule has 0 aliphatic rings. The maximum Gasteiger partial charge on any atom is 0.126 e. The lowest BCUT2D eigenvalue weighted by atomic mass is 10.4. The summed E-state index contributed by atoms with van der Waals surface area (Å²) in [6, 6.07) is 1.80. The third-order valence-electron chi connectivity index (χ3n) is 1.31. The number of rotatable bonds is 1. The Hall–Kier alpha value is -0.830. The number of nitrogens with zero attached hydrogens (tertiary/aromatic N) is 2. The van der Waals surface area contributed by atoms with E-state index in [9.17, 15) is 5.11 Å². The molecule has 9 heavy (non-hydrogen) atoms. The first-order valence-corrected chi connectivity index (χ1v) is 2.81. The summed E-state index contributed by atoms with van der Waals surface area (Å²) in [7, 11) is 1.83. The lowest BCUT2D eigenvalue weighted by Crippen LogP contribution is -1.92. The van der Waals surface area contributed by atoms with E-state index in [1.807, 2.05) is 14.0 Å². The summed E-state index contributed by atoms with van der Waals surface area (Å²) in [4.78, 5) is 0. The molecule has 0 saturated heterocycles. The van der Waals surface area contributed by atoms with Crippen molar-refractivity contribution in [3.05, 3.63) is 17.5 Å². The molecule has 0 bridgehead atoms. The summed E-state index contributed by atoms with van der Waals surface area (Å²) in [6.45, 7) is 1.70. The SMILES string of the molecule is Cc1cc(C[O])nn1C. The molecule has 1 heterocycles. The van der Waals surface area contributed by atoms with Gasteiger partial charge in [0, 0.05) is 12.7 Å². The fourth-order valence-corrected chi connectivity index (χ4v) is 0.705. The number of hydrogen-bond acceptors (Lipinski definition) is 1. The third kappa shape index (κ3) is 1.10. The predicted octanol–water partition coefficient (Wildman–Crippen LogP) is 0.659. The highest BCUT2D eigenvalue weighted by Gasteiger charge is 1.97. The lowest BCUT2D eigenvalue weighted by molar-refractivity contribution is 0.173. The van der Waals surface area contributed by atoms with Gasteiger partial charge in [-0.2, -0.15) is 5.10 Å². The van der Waals surface area contributed by atoms with E-state index in [1.165, 1.54) is 0 Å². The zero-order valence-corrected chi connectivity index (χ0v) is 5.59. The van der Waals surface area contributed by atoms with E-state index in [1.54, 1.807) is 10.7 Å². The molecule has 0 spiro atoms. The molecule has 49 valence electrons. The zero-order chi connectivity index (χ0) is 6.85. The van der Waals surface area contributed by atoms with Crippen LogP contribution in [0.25, 0.3) is 0 Å². The number of hydrogen-bond donors (Lipinski definition) is 0. The quantitative estimate of drug-likeness (QED) is 0.543. The van der Waals surface area contributed by atoms with Crippen molar-refractivity contribution in [3.63, 3.8) is 0 Å². The minimum atomic E-state index is -0.221. The maximum absolute atomic E-state index is 10.2. The van der Waals surface area contributed by atoms with Crippen molar-refractivity contribution in [2.24, 2.45) is 7.05 Å². The Balaban J connectivity index is 2.98. The van der Waals surface area contributed by atoms with Gasteiger partial charge in [0.05, 0.1) is 5.69 Å². The minimum absolute atomic E-state index is 0.221. The summed E-state index contributed by atoms with van der Waals surface area (Å²) in [5, 5.41) is 14.2. The van der Waals surface area contributed by atoms with Gasteiger partial charge >= 0.3 is 0 Å². The van der Waals surface area contributed by atoms with Gasteiger partial charge in [0.1, 0.15) is 6.61 Å². The Bertz CT molecular complexity index is 185. The second kappa shape index (κ2) is 2.19. The van der Waals surface area contributed by atoms with Crippen LogP contribution in [0.4, 0.5) is 0 Å². The van der Waals surface area contributed by atoms with E-state index in [2.05, 4.69) is 5.10 Å². The molecule has 0 N–H and O–H groups in total. The standard InChI is InChI=1S/C6H9N2O/c1-5-3-6(4-9)7-8(5)2/h3H,4H2,1-2H3. The third-order valence-corrected chi connectivity index (χ3v) is 1.31. The first-order chi connectivity index (χ1) is 4.24. The average molecular weight is 125 g/mol. The van der Waals surface area contributed by atoms with Gasteiger partial charge < -0.3 is 0 Å². The van der Waals surface area contributed by atoms with E-state index in [0.29, 0.717) is 5.69 Å². The van der Waals surface area contributed by atoms with Crippen molar-refractivity contribution in [3.8, 4) is 0 Å². The normalized spacial score (nSPS) is 10.1. The molecule has 3 heteroatoms. The van der Waals surface area contributed by atoms with Crippen LogP contribution in [0.1, 0.15) is 11.4 Å². The van der Waals surface area contributed by atoms with Crippen LogP contribution in [0.3, 0.4) is 0 Å². The second-order valence-corrected chi connectivity index (χ2v) is 2.05. The molecule has 3 nitrogen and oxygen atoms in total. The monoisotopic (exact) mass is 125 g/mol. The first-order valence-electron chi connectivity index (χ1n) is 2.81. The molecule has 0 fully saturated rings. The lowest BCUT2D eigenvalue weighted by Gasteiger charge is -1.87. The van der Waals surface area contributed by atoms with E-state index >= 15 is 0 Å². The zero-order valence-electron chi connectivity index (χ0n) is 5.59. The summed E-state index contributed by atoms with van der Waals surface area (Å²) < 4.78 is 1.70. The van der Waals surface area contributed by atoms with Crippen LogP contribution in [0.5, 0.6) is 0 Å². The van der Waals surface area contributed by atoms with Crippen molar-refractivity contribution in [1.82, 2.24) is 9.78 Å². The number of aryl methyl sites for hydroxylation is 2. The molecule has 0 saturated carbocycles. The highest BCUT2D eigenvalue weighted by atomic mass is 16.3. The van der Waals surface area contributed by atoms with Crippen LogP contribution in [-0.4, -0.2) is 9.78 Å². The van der Waals surface area contributed by atoms with Crippen molar-refractivity contribution in [2.45, 2.75) is 13.5 Å². The largest absolute Gasteiger partial charge is 0.273 e. The van der Waals surface area contributed by atoms with Crippen LogP contribution >= 0.6 is 0 Å². The van der Waals surface area contributed by atoms with Crippen molar-refractivity contribution in [2.75, 3.05) is 0 Å². The molecule has 1 radical (unpaired) electrons. The Kier molecular flexibility index (Phi) is 1.53. The van der Waals surface area contributed by atoms with Crippen molar-refractivity contribution in [1.29, 1.82) is 0 Å². The summed E-state index contributed by atoms with van der Waals surface area (Å²) in [6.07, 6.45) is 0.